The fourth-order valence-corrected chi connectivity index (χ4v) is 4.13. The molecule has 1 amide bonds. The van der Waals surface area contributed by atoms with Crippen LogP contribution in [0.5, 0.6) is 0 Å². The van der Waals surface area contributed by atoms with E-state index in [2.05, 4.69) is 20.4 Å². The Bertz CT molecular complexity index is 775. The monoisotopic (exact) mass is 407 g/mol. The highest BCUT2D eigenvalue weighted by atomic mass is 32.2. The summed E-state index contributed by atoms with van der Waals surface area (Å²) in [5.74, 6) is -0.824. The second kappa shape index (κ2) is 9.56. The van der Waals surface area contributed by atoms with Gasteiger partial charge in [-0.25, -0.2) is 0 Å². The molecule has 1 saturated heterocycles. The molecule has 1 aromatic carbocycles. The first-order valence-electron chi connectivity index (χ1n) is 8.62. The number of nitrogens with zero attached hydrogens (tertiary/aromatic N) is 3. The maximum Gasteiger partial charge on any atom is 0.316 e. The van der Waals surface area contributed by atoms with Gasteiger partial charge in [-0.05, 0) is 43.5 Å². The van der Waals surface area contributed by atoms with E-state index in [1.165, 1.54) is 42.4 Å². The van der Waals surface area contributed by atoms with Gasteiger partial charge in [-0.3, -0.25) is 9.59 Å². The van der Waals surface area contributed by atoms with Crippen LogP contribution in [0.25, 0.3) is 0 Å². The minimum absolute atomic E-state index is 0.0481. The lowest BCUT2D eigenvalue weighted by Crippen LogP contribution is -2.29. The molecule has 144 valence electrons. The fraction of sp³-hybridized carbons (Fsp3) is 0.412. The number of hydrogen-bond donors (Lipinski definition) is 2. The Hall–Kier alpha value is -2.33. The number of esters is 1. The maximum absolute atomic E-state index is 11.9. The summed E-state index contributed by atoms with van der Waals surface area (Å²) in [5.41, 5.74) is 7.31. The summed E-state index contributed by atoms with van der Waals surface area (Å²) in [5, 5.41) is 10.5. The predicted molar refractivity (Wildman–Crippen MR) is 107 cm³/mol. The molecule has 0 saturated carbocycles. The molecule has 0 radical (unpaired) electrons. The molecule has 1 fully saturated rings. The van der Waals surface area contributed by atoms with Crippen LogP contribution in [-0.4, -0.2) is 47.5 Å². The Labute approximate surface area is 165 Å². The number of carbonyl (C=O) groups excluding carboxylic acids is 2. The van der Waals surface area contributed by atoms with E-state index in [-0.39, 0.29) is 18.3 Å². The van der Waals surface area contributed by atoms with E-state index in [0.29, 0.717) is 15.2 Å². The van der Waals surface area contributed by atoms with Crippen molar-refractivity contribution in [2.75, 3.05) is 41.4 Å². The van der Waals surface area contributed by atoms with Crippen LogP contribution in [0, 0.1) is 0 Å². The third-order valence-electron chi connectivity index (χ3n) is 3.97. The number of piperidine rings is 1. The zero-order valence-electron chi connectivity index (χ0n) is 14.7. The van der Waals surface area contributed by atoms with Gasteiger partial charge in [0.15, 0.2) is 10.9 Å². The van der Waals surface area contributed by atoms with E-state index in [1.807, 2.05) is 24.3 Å². The fourth-order valence-electron chi connectivity index (χ4n) is 2.69. The van der Waals surface area contributed by atoms with Crippen LogP contribution in [0.2, 0.25) is 0 Å². The zero-order valence-corrected chi connectivity index (χ0v) is 16.4. The van der Waals surface area contributed by atoms with Gasteiger partial charge in [-0.1, -0.05) is 23.1 Å². The normalized spacial score (nSPS) is 14.0. The quantitative estimate of drug-likeness (QED) is 0.532. The molecule has 27 heavy (non-hydrogen) atoms. The first-order valence-corrected chi connectivity index (χ1v) is 10.4. The van der Waals surface area contributed by atoms with E-state index in [4.69, 9.17) is 10.5 Å². The number of ether oxygens (including phenoxy) is 1. The Morgan fingerprint density at radius 2 is 1.93 bits per heavy atom. The topological polar surface area (TPSA) is 110 Å². The van der Waals surface area contributed by atoms with Crippen LogP contribution in [0.4, 0.5) is 16.5 Å². The van der Waals surface area contributed by atoms with Crippen molar-refractivity contribution in [2.24, 2.45) is 0 Å². The Kier molecular flexibility index (Phi) is 6.88. The zero-order chi connectivity index (χ0) is 19.1. The van der Waals surface area contributed by atoms with E-state index < -0.39 is 5.97 Å². The average Bonchev–Trinajstić information content (AvgIpc) is 3.11. The molecule has 0 unspecified atom stereocenters. The minimum Gasteiger partial charge on any atom is -0.455 e. The van der Waals surface area contributed by atoms with E-state index in [9.17, 15) is 9.59 Å². The van der Waals surface area contributed by atoms with Crippen molar-refractivity contribution in [3.05, 3.63) is 24.3 Å². The number of hydrogen-bond acceptors (Lipinski definition) is 9. The first-order chi connectivity index (χ1) is 13.1. The molecule has 1 aromatic heterocycles. The van der Waals surface area contributed by atoms with Crippen molar-refractivity contribution in [3.8, 4) is 0 Å². The predicted octanol–water partition coefficient (Wildman–Crippen LogP) is 2.38. The van der Waals surface area contributed by atoms with Crippen molar-refractivity contribution < 1.29 is 14.3 Å². The molecular formula is C17H21N5O3S2. The molecule has 1 aliphatic heterocycles. The van der Waals surface area contributed by atoms with Crippen molar-refractivity contribution >= 4 is 51.5 Å². The van der Waals surface area contributed by atoms with Gasteiger partial charge in [0, 0.05) is 24.5 Å². The molecule has 8 nitrogen and oxygen atoms in total. The molecule has 0 bridgehead atoms. The van der Waals surface area contributed by atoms with Gasteiger partial charge in [0.2, 0.25) is 5.13 Å². The van der Waals surface area contributed by atoms with Gasteiger partial charge in [0.25, 0.3) is 5.91 Å². The number of nitrogen functional groups attached to an aromatic ring is 1. The molecule has 2 aromatic rings. The largest absolute Gasteiger partial charge is 0.455 e. The summed E-state index contributed by atoms with van der Waals surface area (Å²) in [6.07, 6.45) is 3.72. The highest BCUT2D eigenvalue weighted by Gasteiger charge is 2.12. The number of thioether (sulfide) groups is 1. The van der Waals surface area contributed by atoms with Crippen LogP contribution in [0.15, 0.2) is 28.6 Å². The van der Waals surface area contributed by atoms with Crippen LogP contribution in [0.1, 0.15) is 19.3 Å². The minimum atomic E-state index is -0.496. The van der Waals surface area contributed by atoms with Crippen molar-refractivity contribution in [1.82, 2.24) is 10.2 Å². The highest BCUT2D eigenvalue weighted by molar-refractivity contribution is 8.01. The van der Waals surface area contributed by atoms with E-state index in [0.717, 1.165) is 18.8 Å². The molecule has 3 rings (SSSR count). The number of aromatic nitrogens is 2. The first kappa shape index (κ1) is 19.4. The summed E-state index contributed by atoms with van der Waals surface area (Å²) in [6, 6.07) is 7.72. The summed E-state index contributed by atoms with van der Waals surface area (Å²) in [7, 11) is 0. The van der Waals surface area contributed by atoms with Crippen LogP contribution < -0.4 is 16.0 Å². The summed E-state index contributed by atoms with van der Waals surface area (Å²) < 4.78 is 5.55. The van der Waals surface area contributed by atoms with Gasteiger partial charge in [0.1, 0.15) is 0 Å². The molecule has 10 heteroatoms. The standard InChI is InChI=1S/C17H21N5O3S2/c18-16-20-21-17(27-16)26-11-15(24)25-10-14(23)19-12-4-6-13(7-5-12)22-8-2-1-3-9-22/h4-7H,1-3,8-11H2,(H2,18,20)(H,19,23). The van der Waals surface area contributed by atoms with Gasteiger partial charge in [-0.15, -0.1) is 10.2 Å². The second-order valence-corrected chi connectivity index (χ2v) is 8.23. The van der Waals surface area contributed by atoms with Gasteiger partial charge in [0.05, 0.1) is 5.75 Å². The van der Waals surface area contributed by atoms with Crippen LogP contribution in [0.3, 0.4) is 0 Å². The highest BCUT2D eigenvalue weighted by Crippen LogP contribution is 2.23. The van der Waals surface area contributed by atoms with Crippen molar-refractivity contribution in [2.45, 2.75) is 23.6 Å². The van der Waals surface area contributed by atoms with E-state index in [1.54, 1.807) is 0 Å². The Balaban J connectivity index is 1.38. The molecule has 3 N–H and O–H groups in total. The Morgan fingerprint density at radius 1 is 1.19 bits per heavy atom. The smallest absolute Gasteiger partial charge is 0.316 e. The average molecular weight is 408 g/mol. The lowest BCUT2D eigenvalue weighted by atomic mass is 10.1. The lowest BCUT2D eigenvalue weighted by Gasteiger charge is -2.28. The van der Waals surface area contributed by atoms with Gasteiger partial charge in [-0.2, -0.15) is 0 Å². The van der Waals surface area contributed by atoms with Gasteiger partial charge >= 0.3 is 5.97 Å². The maximum atomic E-state index is 11.9. The molecule has 1 aliphatic rings. The van der Waals surface area contributed by atoms with Crippen molar-refractivity contribution in [1.29, 1.82) is 0 Å². The number of carbonyl (C=O) groups is 2. The second-order valence-electron chi connectivity index (χ2n) is 6.00. The molecule has 0 atom stereocenters. The number of nitrogens with one attached hydrogen (secondary N) is 1. The molecular weight excluding hydrogens is 386 g/mol. The van der Waals surface area contributed by atoms with E-state index >= 15 is 0 Å². The lowest BCUT2D eigenvalue weighted by molar-refractivity contribution is -0.144. The summed E-state index contributed by atoms with van der Waals surface area (Å²) in [4.78, 5) is 26.0. The SMILES string of the molecule is Nc1nnc(SCC(=O)OCC(=O)Nc2ccc(N3CCCCC3)cc2)s1. The van der Waals surface area contributed by atoms with Crippen molar-refractivity contribution in [3.63, 3.8) is 0 Å². The summed E-state index contributed by atoms with van der Waals surface area (Å²) >= 11 is 2.37. The molecule has 2 heterocycles. The Morgan fingerprint density at radius 3 is 2.59 bits per heavy atom. The number of benzene rings is 1. The van der Waals surface area contributed by atoms with Crippen LogP contribution >= 0.6 is 23.1 Å². The number of nitrogens with two attached hydrogens (primary N) is 1. The third kappa shape index (κ3) is 6.10. The molecule has 0 aliphatic carbocycles. The molecule has 0 spiro atoms. The third-order valence-corrected chi connectivity index (χ3v) is 5.83. The number of rotatable bonds is 7. The summed E-state index contributed by atoms with van der Waals surface area (Å²) in [6.45, 7) is 1.82. The van der Waals surface area contributed by atoms with Gasteiger partial charge < -0.3 is 20.7 Å². The van der Waals surface area contributed by atoms with Crippen LogP contribution in [-0.2, 0) is 14.3 Å². The number of anilines is 3. The number of amides is 1.